The van der Waals surface area contributed by atoms with Crippen LogP contribution in [0.4, 0.5) is 5.69 Å². The van der Waals surface area contributed by atoms with Crippen LogP contribution < -0.4 is 4.90 Å². The molecule has 6 heteroatoms. The van der Waals surface area contributed by atoms with Crippen molar-refractivity contribution in [3.63, 3.8) is 0 Å². The first kappa shape index (κ1) is 27.7. The molecule has 6 rings (SSSR count). The summed E-state index contributed by atoms with van der Waals surface area (Å²) in [5.41, 5.74) is 6.63. The molecule has 1 atom stereocenters. The number of aromatic carboxylic acids is 1. The van der Waals surface area contributed by atoms with Crippen molar-refractivity contribution in [3.8, 4) is 11.3 Å². The number of rotatable bonds is 7. The number of benzene rings is 2. The Morgan fingerprint density at radius 2 is 1.82 bits per heavy atom. The van der Waals surface area contributed by atoms with Crippen molar-refractivity contribution in [1.82, 2.24) is 9.47 Å². The van der Waals surface area contributed by atoms with Gasteiger partial charge in [0.1, 0.15) is 0 Å². The second-order valence-corrected chi connectivity index (χ2v) is 13.1. The number of nitrogens with zero attached hydrogens (tertiary/aromatic N) is 3. The highest BCUT2D eigenvalue weighted by atomic mass is 35.5. The Morgan fingerprint density at radius 1 is 1.00 bits per heavy atom. The molecule has 2 aliphatic heterocycles. The van der Waals surface area contributed by atoms with Crippen LogP contribution in [0, 0.1) is 5.92 Å². The summed E-state index contributed by atoms with van der Waals surface area (Å²) in [6.45, 7) is 9.88. The van der Waals surface area contributed by atoms with Gasteiger partial charge in [-0.25, -0.2) is 4.79 Å². The van der Waals surface area contributed by atoms with Crippen molar-refractivity contribution in [2.24, 2.45) is 5.92 Å². The molecule has 0 radical (unpaired) electrons. The molecule has 214 valence electrons. The summed E-state index contributed by atoms with van der Waals surface area (Å²) in [4.78, 5) is 17.1. The molecular weight excluding hydrogens is 518 g/mol. The molecule has 3 heterocycles. The summed E-state index contributed by atoms with van der Waals surface area (Å²) >= 11 is 6.64. The number of carbonyl (C=O) groups is 1. The van der Waals surface area contributed by atoms with E-state index in [0.717, 1.165) is 36.1 Å². The van der Waals surface area contributed by atoms with Gasteiger partial charge in [-0.1, -0.05) is 36.9 Å². The Hall–Kier alpha value is -2.50. The van der Waals surface area contributed by atoms with Gasteiger partial charge in [-0.05, 0) is 107 Å². The van der Waals surface area contributed by atoms with Gasteiger partial charge in [0.2, 0.25) is 0 Å². The molecule has 0 spiro atoms. The monoisotopic (exact) mass is 561 g/mol. The van der Waals surface area contributed by atoms with Crippen molar-refractivity contribution in [1.29, 1.82) is 0 Å². The van der Waals surface area contributed by atoms with E-state index in [4.69, 9.17) is 11.6 Å². The summed E-state index contributed by atoms with van der Waals surface area (Å²) < 4.78 is 2.43. The molecule has 1 saturated heterocycles. The maximum atomic E-state index is 11.9. The number of anilines is 1. The number of fused-ring (bicyclic) bond motifs is 5. The lowest BCUT2D eigenvalue weighted by Gasteiger charge is -2.36. The molecular formula is C34H44ClN3O2. The largest absolute Gasteiger partial charge is 0.478 e. The minimum absolute atomic E-state index is 0.364. The highest BCUT2D eigenvalue weighted by Crippen LogP contribution is 2.48. The number of likely N-dealkylation sites (tertiary alicyclic amines) is 1. The second kappa shape index (κ2) is 11.8. The third-order valence-corrected chi connectivity index (χ3v) is 10.1. The van der Waals surface area contributed by atoms with Crippen LogP contribution in [0.5, 0.6) is 0 Å². The van der Waals surface area contributed by atoms with Gasteiger partial charge in [-0.2, -0.15) is 0 Å². The van der Waals surface area contributed by atoms with Crippen molar-refractivity contribution in [2.75, 3.05) is 31.1 Å². The van der Waals surface area contributed by atoms with Gasteiger partial charge < -0.3 is 19.5 Å². The number of carboxylic acids is 1. The standard InChI is InChI=1S/C34H44ClN3O2/c1-23(2)37-17-7-9-24(22-37)8-6-16-36-18-19-38-31-20-26(34(39)40)12-14-28(31)32(25-10-4-3-5-11-25)33(38)29-15-13-27(35)21-30(29)36/h12-15,20-21,23-25H,3-11,16-19,22H2,1-2H3,(H,39,40). The van der Waals surface area contributed by atoms with E-state index in [-0.39, 0.29) is 0 Å². The minimum atomic E-state index is -0.863. The molecule has 2 fully saturated rings. The molecule has 40 heavy (non-hydrogen) atoms. The molecule has 1 N–H and O–H groups in total. The quantitative estimate of drug-likeness (QED) is 0.314. The maximum absolute atomic E-state index is 11.9. The first-order valence-electron chi connectivity index (χ1n) is 15.6. The Bertz CT molecular complexity index is 1370. The van der Waals surface area contributed by atoms with Crippen molar-refractivity contribution < 1.29 is 9.90 Å². The first-order chi connectivity index (χ1) is 19.4. The molecule has 0 bridgehead atoms. The van der Waals surface area contributed by atoms with Crippen LogP contribution in [0.15, 0.2) is 36.4 Å². The number of hydrogen-bond acceptors (Lipinski definition) is 3. The van der Waals surface area contributed by atoms with Crippen LogP contribution in [-0.4, -0.2) is 52.8 Å². The number of halogens is 1. The zero-order valence-corrected chi connectivity index (χ0v) is 24.9. The van der Waals surface area contributed by atoms with E-state index in [1.54, 1.807) is 6.07 Å². The highest BCUT2D eigenvalue weighted by Gasteiger charge is 2.31. The van der Waals surface area contributed by atoms with Crippen LogP contribution in [0.25, 0.3) is 22.2 Å². The molecule has 1 aromatic heterocycles. The van der Waals surface area contributed by atoms with Crippen LogP contribution in [0.1, 0.15) is 93.5 Å². The van der Waals surface area contributed by atoms with E-state index in [2.05, 4.69) is 46.4 Å². The van der Waals surface area contributed by atoms with Gasteiger partial charge in [0.05, 0.1) is 11.3 Å². The van der Waals surface area contributed by atoms with E-state index in [9.17, 15) is 9.90 Å². The van der Waals surface area contributed by atoms with Crippen molar-refractivity contribution in [3.05, 3.63) is 52.5 Å². The van der Waals surface area contributed by atoms with E-state index in [0.29, 0.717) is 17.5 Å². The topological polar surface area (TPSA) is 48.7 Å². The van der Waals surface area contributed by atoms with Crippen LogP contribution in [-0.2, 0) is 6.54 Å². The van der Waals surface area contributed by atoms with E-state index in [1.165, 1.54) is 98.8 Å². The number of aromatic nitrogens is 1. The fraction of sp³-hybridized carbons (Fsp3) is 0.559. The van der Waals surface area contributed by atoms with Gasteiger partial charge in [0.15, 0.2) is 0 Å². The molecule has 1 aliphatic carbocycles. The van der Waals surface area contributed by atoms with E-state index in [1.807, 2.05) is 12.1 Å². The number of hydrogen-bond donors (Lipinski definition) is 1. The Balaban J connectivity index is 1.35. The van der Waals surface area contributed by atoms with Gasteiger partial charge >= 0.3 is 5.97 Å². The summed E-state index contributed by atoms with van der Waals surface area (Å²) in [6, 6.07) is 12.8. The van der Waals surface area contributed by atoms with Gasteiger partial charge in [-0.3, -0.25) is 0 Å². The SMILES string of the molecule is CC(C)N1CCCC(CCCN2CCn3c(c(C4CCCCC4)c4ccc(C(=O)O)cc43)-c3ccc(Cl)cc32)C1. The summed E-state index contributed by atoms with van der Waals surface area (Å²) in [7, 11) is 0. The lowest BCUT2D eigenvalue weighted by Crippen LogP contribution is -2.40. The third kappa shape index (κ3) is 5.39. The lowest BCUT2D eigenvalue weighted by atomic mass is 9.81. The third-order valence-electron chi connectivity index (χ3n) is 9.83. The molecule has 1 saturated carbocycles. The first-order valence-corrected chi connectivity index (χ1v) is 16.0. The normalized spacial score (nSPS) is 20.5. The predicted octanol–water partition coefficient (Wildman–Crippen LogP) is 8.43. The average Bonchev–Trinajstić information content (AvgIpc) is 3.20. The zero-order chi connectivity index (χ0) is 27.8. The van der Waals surface area contributed by atoms with E-state index >= 15 is 0 Å². The van der Waals surface area contributed by atoms with Crippen molar-refractivity contribution in [2.45, 2.75) is 90.1 Å². The molecule has 3 aromatic rings. The molecule has 5 nitrogen and oxygen atoms in total. The summed E-state index contributed by atoms with van der Waals surface area (Å²) in [5, 5.41) is 11.8. The Kier molecular flexibility index (Phi) is 8.14. The second-order valence-electron chi connectivity index (χ2n) is 12.7. The average molecular weight is 562 g/mol. The maximum Gasteiger partial charge on any atom is 0.335 e. The molecule has 1 unspecified atom stereocenters. The van der Waals surface area contributed by atoms with Gasteiger partial charge in [-0.15, -0.1) is 0 Å². The molecule has 2 aromatic carbocycles. The summed E-state index contributed by atoms with van der Waals surface area (Å²) in [5.74, 6) is 0.429. The minimum Gasteiger partial charge on any atom is -0.478 e. The summed E-state index contributed by atoms with van der Waals surface area (Å²) in [6.07, 6.45) is 11.3. The number of carboxylic acid groups (broad SMARTS) is 1. The molecule has 3 aliphatic rings. The Morgan fingerprint density at radius 3 is 2.60 bits per heavy atom. The van der Waals surface area contributed by atoms with Crippen molar-refractivity contribution >= 4 is 34.2 Å². The van der Waals surface area contributed by atoms with Crippen LogP contribution in [0.3, 0.4) is 0 Å². The zero-order valence-electron chi connectivity index (χ0n) is 24.2. The van der Waals surface area contributed by atoms with E-state index < -0.39 is 5.97 Å². The van der Waals surface area contributed by atoms with Gasteiger partial charge in [0.25, 0.3) is 0 Å². The fourth-order valence-corrected chi connectivity index (χ4v) is 7.92. The Labute approximate surface area is 244 Å². The molecule has 0 amide bonds. The van der Waals surface area contributed by atoms with Gasteiger partial charge in [0, 0.05) is 59.4 Å². The van der Waals surface area contributed by atoms with Crippen LogP contribution in [0.2, 0.25) is 5.02 Å². The highest BCUT2D eigenvalue weighted by molar-refractivity contribution is 6.31. The number of piperidine rings is 1. The smallest absolute Gasteiger partial charge is 0.335 e. The fourth-order valence-electron chi connectivity index (χ4n) is 7.75. The predicted molar refractivity (Wildman–Crippen MR) is 166 cm³/mol. The lowest BCUT2D eigenvalue weighted by molar-refractivity contribution is 0.0697. The van der Waals surface area contributed by atoms with Crippen LogP contribution >= 0.6 is 11.6 Å².